The molecule has 0 aliphatic carbocycles. The molecule has 102 valence electrons. The monoisotopic (exact) mass is 267 g/mol. The van der Waals surface area contributed by atoms with Gasteiger partial charge in [-0.3, -0.25) is 14.5 Å². The molecule has 1 aliphatic heterocycles. The second kappa shape index (κ2) is 5.36. The molecule has 0 radical (unpaired) electrons. The number of benzene rings is 1. The van der Waals surface area contributed by atoms with Crippen LogP contribution in [0.4, 0.5) is 4.39 Å². The lowest BCUT2D eigenvalue weighted by molar-refractivity contribution is -0.149. The van der Waals surface area contributed by atoms with Crippen molar-refractivity contribution in [2.45, 2.75) is 24.9 Å². The van der Waals surface area contributed by atoms with E-state index in [2.05, 4.69) is 0 Å². The number of carbonyl (C=O) groups is 2. The predicted molar refractivity (Wildman–Crippen MR) is 64.1 cm³/mol. The first-order valence-corrected chi connectivity index (χ1v) is 5.97. The number of hydrogen-bond donors (Lipinski definition) is 2. The van der Waals surface area contributed by atoms with Crippen molar-refractivity contribution in [1.82, 2.24) is 4.90 Å². The van der Waals surface area contributed by atoms with Crippen molar-refractivity contribution in [2.75, 3.05) is 6.54 Å². The van der Waals surface area contributed by atoms with Crippen LogP contribution in [0.25, 0.3) is 0 Å². The molecule has 5 nitrogen and oxygen atoms in total. The van der Waals surface area contributed by atoms with E-state index in [1.165, 1.54) is 29.2 Å². The second-order valence-corrected chi connectivity index (χ2v) is 4.53. The molecule has 1 aromatic carbocycles. The molecule has 2 unspecified atom stereocenters. The predicted octanol–water partition coefficient (Wildman–Crippen LogP) is 1.50. The Balaban J connectivity index is 2.32. The topological polar surface area (TPSA) is 77.8 Å². The van der Waals surface area contributed by atoms with Crippen LogP contribution in [-0.2, 0) is 9.59 Å². The summed E-state index contributed by atoms with van der Waals surface area (Å²) < 4.78 is 12.9. The van der Waals surface area contributed by atoms with Crippen molar-refractivity contribution >= 4 is 11.9 Å². The highest BCUT2D eigenvalue weighted by atomic mass is 19.1. The number of carboxylic acids is 2. The maximum atomic E-state index is 12.9. The smallest absolute Gasteiger partial charge is 0.325 e. The van der Waals surface area contributed by atoms with Gasteiger partial charge in [-0.25, -0.2) is 4.39 Å². The van der Waals surface area contributed by atoms with Gasteiger partial charge in [0.15, 0.2) is 0 Å². The molecular formula is C13H14FNO4. The molecule has 19 heavy (non-hydrogen) atoms. The molecule has 0 aromatic heterocycles. The fourth-order valence-corrected chi connectivity index (χ4v) is 2.48. The van der Waals surface area contributed by atoms with Gasteiger partial charge in [0.2, 0.25) is 0 Å². The van der Waals surface area contributed by atoms with Gasteiger partial charge in [-0.15, -0.1) is 0 Å². The van der Waals surface area contributed by atoms with E-state index in [1.54, 1.807) is 0 Å². The normalized spacial score (nSPS) is 21.2. The van der Waals surface area contributed by atoms with Gasteiger partial charge in [-0.05, 0) is 30.5 Å². The molecule has 6 heteroatoms. The quantitative estimate of drug-likeness (QED) is 0.864. The Morgan fingerprint density at radius 1 is 1.26 bits per heavy atom. The zero-order valence-corrected chi connectivity index (χ0v) is 10.1. The summed E-state index contributed by atoms with van der Waals surface area (Å²) in [4.78, 5) is 24.0. The SMILES string of the molecule is O=C(O)C1CCCN1C(C(=O)O)c1ccc(F)cc1. The molecule has 2 rings (SSSR count). The van der Waals surface area contributed by atoms with Gasteiger partial charge >= 0.3 is 11.9 Å². The van der Waals surface area contributed by atoms with E-state index in [0.717, 1.165) is 0 Å². The summed E-state index contributed by atoms with van der Waals surface area (Å²) in [5, 5.41) is 18.4. The highest BCUT2D eigenvalue weighted by molar-refractivity contribution is 5.79. The summed E-state index contributed by atoms with van der Waals surface area (Å²) in [7, 11) is 0. The van der Waals surface area contributed by atoms with E-state index >= 15 is 0 Å². The van der Waals surface area contributed by atoms with Crippen molar-refractivity contribution in [2.24, 2.45) is 0 Å². The Hall–Kier alpha value is -1.95. The number of carboxylic acid groups (broad SMARTS) is 2. The van der Waals surface area contributed by atoms with Gasteiger partial charge in [-0.2, -0.15) is 0 Å². The summed E-state index contributed by atoms with van der Waals surface area (Å²) in [6, 6.07) is 3.26. The number of rotatable bonds is 4. The van der Waals surface area contributed by atoms with Crippen LogP contribution in [0.5, 0.6) is 0 Å². The molecule has 2 atom stereocenters. The van der Waals surface area contributed by atoms with Crippen LogP contribution in [0.15, 0.2) is 24.3 Å². The molecule has 1 aromatic rings. The highest BCUT2D eigenvalue weighted by Gasteiger charge is 2.39. The number of aliphatic carboxylic acids is 2. The average Bonchev–Trinajstić information content (AvgIpc) is 2.80. The summed E-state index contributed by atoms with van der Waals surface area (Å²) in [6.07, 6.45) is 1.07. The molecule has 0 amide bonds. The lowest BCUT2D eigenvalue weighted by atomic mass is 10.0. The summed E-state index contributed by atoms with van der Waals surface area (Å²) in [5.74, 6) is -2.60. The van der Waals surface area contributed by atoms with Crippen LogP contribution in [0.3, 0.4) is 0 Å². The highest BCUT2D eigenvalue weighted by Crippen LogP contribution is 2.30. The minimum absolute atomic E-state index is 0.391. The first-order valence-electron chi connectivity index (χ1n) is 5.97. The van der Waals surface area contributed by atoms with Crippen LogP contribution in [0, 0.1) is 5.82 Å². The fraction of sp³-hybridized carbons (Fsp3) is 0.385. The molecule has 2 N–H and O–H groups in total. The number of likely N-dealkylation sites (tertiary alicyclic amines) is 1. The lowest BCUT2D eigenvalue weighted by Crippen LogP contribution is -2.41. The lowest BCUT2D eigenvalue weighted by Gasteiger charge is -2.28. The van der Waals surface area contributed by atoms with Crippen LogP contribution < -0.4 is 0 Å². The first-order chi connectivity index (χ1) is 9.00. The van der Waals surface area contributed by atoms with Crippen molar-refractivity contribution in [3.8, 4) is 0 Å². The zero-order chi connectivity index (χ0) is 14.0. The Labute approximate surface area is 109 Å². The summed E-state index contributed by atoms with van der Waals surface area (Å²) in [5.41, 5.74) is 0.391. The van der Waals surface area contributed by atoms with E-state index < -0.39 is 29.8 Å². The van der Waals surface area contributed by atoms with Crippen LogP contribution >= 0.6 is 0 Å². The third kappa shape index (κ3) is 2.73. The van der Waals surface area contributed by atoms with Gasteiger partial charge < -0.3 is 10.2 Å². The second-order valence-electron chi connectivity index (χ2n) is 4.53. The standard InChI is InChI=1S/C13H14FNO4/c14-9-5-3-8(4-6-9)11(13(18)19)15-7-1-2-10(15)12(16)17/h3-6,10-11H,1-2,7H2,(H,16,17)(H,18,19). The average molecular weight is 267 g/mol. The van der Waals surface area contributed by atoms with Gasteiger partial charge in [0.1, 0.15) is 17.9 Å². The van der Waals surface area contributed by atoms with Crippen LogP contribution in [0.1, 0.15) is 24.4 Å². The van der Waals surface area contributed by atoms with E-state index in [4.69, 9.17) is 5.11 Å². The Kier molecular flexibility index (Phi) is 3.80. The third-order valence-corrected chi connectivity index (χ3v) is 3.33. The van der Waals surface area contributed by atoms with Gasteiger partial charge in [-0.1, -0.05) is 12.1 Å². The molecule has 1 saturated heterocycles. The maximum absolute atomic E-state index is 12.9. The van der Waals surface area contributed by atoms with Crippen molar-refractivity contribution < 1.29 is 24.2 Å². The van der Waals surface area contributed by atoms with Gasteiger partial charge in [0.05, 0.1) is 0 Å². The molecule has 1 fully saturated rings. The minimum atomic E-state index is -1.13. The Morgan fingerprint density at radius 3 is 2.42 bits per heavy atom. The molecule has 0 saturated carbocycles. The van der Waals surface area contributed by atoms with Crippen molar-refractivity contribution in [1.29, 1.82) is 0 Å². The Bertz CT molecular complexity index is 488. The van der Waals surface area contributed by atoms with Gasteiger partial charge in [0, 0.05) is 6.54 Å². The van der Waals surface area contributed by atoms with E-state index in [1.807, 2.05) is 0 Å². The molecule has 1 aliphatic rings. The van der Waals surface area contributed by atoms with E-state index in [-0.39, 0.29) is 0 Å². The van der Waals surface area contributed by atoms with E-state index in [9.17, 15) is 19.1 Å². The van der Waals surface area contributed by atoms with E-state index in [0.29, 0.717) is 24.9 Å². The summed E-state index contributed by atoms with van der Waals surface area (Å²) >= 11 is 0. The minimum Gasteiger partial charge on any atom is -0.480 e. The maximum Gasteiger partial charge on any atom is 0.325 e. The molecule has 0 bridgehead atoms. The van der Waals surface area contributed by atoms with Crippen molar-refractivity contribution in [3.05, 3.63) is 35.6 Å². The third-order valence-electron chi connectivity index (χ3n) is 3.33. The zero-order valence-electron chi connectivity index (χ0n) is 10.1. The Morgan fingerprint density at radius 2 is 1.89 bits per heavy atom. The van der Waals surface area contributed by atoms with Crippen LogP contribution in [-0.4, -0.2) is 39.6 Å². The molecule has 1 heterocycles. The molecular weight excluding hydrogens is 253 g/mol. The van der Waals surface area contributed by atoms with Gasteiger partial charge in [0.25, 0.3) is 0 Å². The number of nitrogens with zero attached hydrogens (tertiary/aromatic N) is 1. The summed E-state index contributed by atoms with van der Waals surface area (Å²) in [6.45, 7) is 0.408. The first kappa shape index (κ1) is 13.5. The van der Waals surface area contributed by atoms with Crippen molar-refractivity contribution in [3.63, 3.8) is 0 Å². The fourth-order valence-electron chi connectivity index (χ4n) is 2.48. The van der Waals surface area contributed by atoms with Crippen LogP contribution in [0.2, 0.25) is 0 Å². The number of hydrogen-bond acceptors (Lipinski definition) is 3. The molecule has 0 spiro atoms. The number of halogens is 1. The largest absolute Gasteiger partial charge is 0.480 e.